The normalized spacial score (nSPS) is 21.2. The molecular weight excluding hydrogens is 374 g/mol. The summed E-state index contributed by atoms with van der Waals surface area (Å²) in [4.78, 5) is 28.0. The molecule has 160 valence electrons. The van der Waals surface area contributed by atoms with Crippen molar-refractivity contribution in [3.05, 3.63) is 29.8 Å². The number of amides is 1. The molecule has 3 rings (SSSR count). The molecule has 1 unspecified atom stereocenters. The number of hydrogen-bond donors (Lipinski definition) is 1. The van der Waals surface area contributed by atoms with Gasteiger partial charge in [0.1, 0.15) is 17.8 Å². The van der Waals surface area contributed by atoms with Gasteiger partial charge in [-0.15, -0.1) is 0 Å². The monoisotopic (exact) mass is 405 g/mol. The molecule has 8 heteroatoms. The molecule has 0 saturated carbocycles. The van der Waals surface area contributed by atoms with E-state index in [1.807, 2.05) is 45.0 Å². The summed E-state index contributed by atoms with van der Waals surface area (Å²) in [6, 6.07) is 7.63. The highest BCUT2D eigenvalue weighted by atomic mass is 16.7. The second-order valence-corrected chi connectivity index (χ2v) is 8.57. The first-order chi connectivity index (χ1) is 13.7. The third-order valence-electron chi connectivity index (χ3n) is 5.01. The third kappa shape index (κ3) is 6.08. The number of carbonyl (C=O) groups is 2. The fourth-order valence-electron chi connectivity index (χ4n) is 3.55. The van der Waals surface area contributed by atoms with Gasteiger partial charge < -0.3 is 19.9 Å². The van der Waals surface area contributed by atoms with Gasteiger partial charge in [0.2, 0.25) is 0 Å². The lowest BCUT2D eigenvalue weighted by Gasteiger charge is -2.32. The van der Waals surface area contributed by atoms with Crippen LogP contribution in [0, 0.1) is 0 Å². The lowest BCUT2D eigenvalue weighted by atomic mass is 10.1. The molecule has 0 radical (unpaired) electrons. The van der Waals surface area contributed by atoms with E-state index in [2.05, 4.69) is 4.90 Å². The van der Waals surface area contributed by atoms with E-state index >= 15 is 0 Å². The minimum Gasteiger partial charge on any atom is -0.443 e. The summed E-state index contributed by atoms with van der Waals surface area (Å²) in [6.07, 6.45) is 0.231. The average molecular weight is 405 g/mol. The molecule has 1 aromatic rings. The summed E-state index contributed by atoms with van der Waals surface area (Å²) in [5.41, 5.74) is 6.91. The van der Waals surface area contributed by atoms with Crippen molar-refractivity contribution < 1.29 is 23.8 Å². The van der Waals surface area contributed by atoms with E-state index < -0.39 is 11.8 Å². The molecular formula is C21H31N3O5. The molecule has 2 aliphatic heterocycles. The first kappa shape index (κ1) is 21.4. The Bertz CT molecular complexity index is 708. The summed E-state index contributed by atoms with van der Waals surface area (Å²) < 4.78 is 16.2. The lowest BCUT2D eigenvalue weighted by Crippen LogP contribution is -2.42. The number of hydrogen-bond acceptors (Lipinski definition) is 7. The summed E-state index contributed by atoms with van der Waals surface area (Å²) in [5, 5.41) is 0. The molecule has 2 aliphatic rings. The van der Waals surface area contributed by atoms with Crippen LogP contribution in [0.2, 0.25) is 0 Å². The van der Waals surface area contributed by atoms with Crippen LogP contribution in [0.4, 0.5) is 15.3 Å². The Morgan fingerprint density at radius 1 is 1.21 bits per heavy atom. The van der Waals surface area contributed by atoms with E-state index in [1.54, 1.807) is 4.90 Å². The van der Waals surface area contributed by atoms with Crippen molar-refractivity contribution in [1.29, 1.82) is 0 Å². The van der Waals surface area contributed by atoms with E-state index in [0.717, 1.165) is 37.2 Å². The molecule has 2 N–H and O–H groups in total. The molecule has 8 nitrogen and oxygen atoms in total. The molecule has 2 saturated heterocycles. The number of nitrogens with two attached hydrogens (primary N) is 1. The van der Waals surface area contributed by atoms with Gasteiger partial charge in [0.25, 0.3) is 0 Å². The molecule has 0 bridgehead atoms. The Labute approximate surface area is 171 Å². The van der Waals surface area contributed by atoms with Crippen LogP contribution in [0.1, 0.15) is 39.2 Å². The number of likely N-dealkylation sites (tertiary alicyclic amines) is 1. The van der Waals surface area contributed by atoms with E-state index in [1.165, 1.54) is 0 Å². The highest BCUT2D eigenvalue weighted by molar-refractivity contribution is 5.89. The molecule has 2 fully saturated rings. The zero-order valence-corrected chi connectivity index (χ0v) is 17.4. The van der Waals surface area contributed by atoms with E-state index in [-0.39, 0.29) is 18.3 Å². The Morgan fingerprint density at radius 2 is 1.86 bits per heavy atom. The Morgan fingerprint density at radius 3 is 2.45 bits per heavy atom. The molecule has 0 spiro atoms. The quantitative estimate of drug-likeness (QED) is 0.753. The van der Waals surface area contributed by atoms with Crippen LogP contribution in [0.25, 0.3) is 0 Å². The fraction of sp³-hybridized carbons (Fsp3) is 0.619. The number of carbonyl (C=O) groups excluding carboxylic acids is 2. The van der Waals surface area contributed by atoms with Gasteiger partial charge in [-0.2, -0.15) is 0 Å². The molecule has 1 amide bonds. The van der Waals surface area contributed by atoms with Gasteiger partial charge in [-0.05, 0) is 51.3 Å². The van der Waals surface area contributed by atoms with Gasteiger partial charge in [-0.3, -0.25) is 9.80 Å². The van der Waals surface area contributed by atoms with Crippen LogP contribution in [0.5, 0.6) is 0 Å². The smallest absolute Gasteiger partial charge is 0.443 e. The minimum absolute atomic E-state index is 0.134. The molecule has 0 aliphatic carbocycles. The van der Waals surface area contributed by atoms with Crippen LogP contribution in [0.3, 0.4) is 0 Å². The van der Waals surface area contributed by atoms with Crippen molar-refractivity contribution in [2.45, 2.75) is 58.0 Å². The standard InChI is InChI=1S/C21H31N3O5/c1-21(2,3)29-20(26)28-17-8-10-23(11-9-17)13-18-14-24(19(25)27-18)16-6-4-15(12-22)5-7-16/h4-7,17-18H,8-14,22H2,1-3H3. The van der Waals surface area contributed by atoms with Gasteiger partial charge >= 0.3 is 12.2 Å². The first-order valence-electron chi connectivity index (χ1n) is 10.1. The van der Waals surface area contributed by atoms with Gasteiger partial charge in [0.15, 0.2) is 0 Å². The summed E-state index contributed by atoms with van der Waals surface area (Å²) in [7, 11) is 0. The third-order valence-corrected chi connectivity index (χ3v) is 5.01. The first-order valence-corrected chi connectivity index (χ1v) is 10.1. The Kier molecular flexibility index (Phi) is 6.64. The van der Waals surface area contributed by atoms with Gasteiger partial charge in [-0.1, -0.05) is 12.1 Å². The lowest BCUT2D eigenvalue weighted by molar-refractivity contribution is -0.0410. The molecule has 1 aromatic carbocycles. The van der Waals surface area contributed by atoms with Crippen LogP contribution < -0.4 is 10.6 Å². The summed E-state index contributed by atoms with van der Waals surface area (Å²) in [6.45, 7) is 8.68. The number of benzene rings is 1. The highest BCUT2D eigenvalue weighted by Gasteiger charge is 2.34. The van der Waals surface area contributed by atoms with E-state index in [4.69, 9.17) is 19.9 Å². The van der Waals surface area contributed by atoms with Crippen molar-refractivity contribution in [2.24, 2.45) is 5.73 Å². The summed E-state index contributed by atoms with van der Waals surface area (Å²) in [5.74, 6) is 0. The second-order valence-electron chi connectivity index (χ2n) is 8.57. The molecule has 0 aromatic heterocycles. The molecule has 1 atom stereocenters. The van der Waals surface area contributed by atoms with Crippen molar-refractivity contribution in [3.8, 4) is 0 Å². The summed E-state index contributed by atoms with van der Waals surface area (Å²) >= 11 is 0. The predicted molar refractivity (Wildman–Crippen MR) is 109 cm³/mol. The van der Waals surface area contributed by atoms with Crippen molar-refractivity contribution in [1.82, 2.24) is 4.90 Å². The second kappa shape index (κ2) is 9.00. The fourth-order valence-corrected chi connectivity index (χ4v) is 3.55. The van der Waals surface area contributed by atoms with E-state index in [0.29, 0.717) is 19.6 Å². The van der Waals surface area contributed by atoms with Gasteiger partial charge in [0.05, 0.1) is 6.54 Å². The number of nitrogens with zero attached hydrogens (tertiary/aromatic N) is 2. The maximum absolute atomic E-state index is 12.3. The largest absolute Gasteiger partial charge is 0.509 e. The van der Waals surface area contributed by atoms with Crippen LogP contribution in [-0.2, 0) is 20.8 Å². The van der Waals surface area contributed by atoms with Crippen LogP contribution in [0.15, 0.2) is 24.3 Å². The molecule has 29 heavy (non-hydrogen) atoms. The number of ether oxygens (including phenoxy) is 3. The maximum atomic E-state index is 12.3. The van der Waals surface area contributed by atoms with E-state index in [9.17, 15) is 9.59 Å². The zero-order valence-electron chi connectivity index (χ0n) is 17.4. The predicted octanol–water partition coefficient (Wildman–Crippen LogP) is 2.89. The van der Waals surface area contributed by atoms with Crippen LogP contribution in [-0.4, -0.2) is 61.1 Å². The zero-order chi connectivity index (χ0) is 21.0. The van der Waals surface area contributed by atoms with Gasteiger partial charge in [-0.25, -0.2) is 9.59 Å². The number of piperidine rings is 1. The highest BCUT2D eigenvalue weighted by Crippen LogP contribution is 2.24. The Balaban J connectivity index is 1.44. The topological polar surface area (TPSA) is 94.3 Å². The average Bonchev–Trinajstić information content (AvgIpc) is 3.02. The minimum atomic E-state index is -0.614. The maximum Gasteiger partial charge on any atom is 0.509 e. The number of cyclic esters (lactones) is 1. The van der Waals surface area contributed by atoms with Crippen molar-refractivity contribution in [3.63, 3.8) is 0 Å². The number of anilines is 1. The van der Waals surface area contributed by atoms with Crippen molar-refractivity contribution in [2.75, 3.05) is 31.1 Å². The van der Waals surface area contributed by atoms with Gasteiger partial charge in [0, 0.05) is 31.9 Å². The SMILES string of the molecule is CC(C)(C)OC(=O)OC1CCN(CC2CN(c3ccc(CN)cc3)C(=O)O2)CC1. The molecule has 2 heterocycles. The number of rotatable bonds is 5. The van der Waals surface area contributed by atoms with Crippen LogP contribution >= 0.6 is 0 Å². The van der Waals surface area contributed by atoms with Crippen molar-refractivity contribution >= 4 is 17.9 Å². The Hall–Kier alpha value is -2.32.